The highest BCUT2D eigenvalue weighted by Gasteiger charge is 2.13. The maximum atomic E-state index is 11.6. The van der Waals surface area contributed by atoms with Crippen molar-refractivity contribution < 1.29 is 4.39 Å². The summed E-state index contributed by atoms with van der Waals surface area (Å²) in [6.45, 7) is 0.661. The highest BCUT2D eigenvalue weighted by atomic mass is 32.2. The van der Waals surface area contributed by atoms with Gasteiger partial charge in [-0.25, -0.2) is 0 Å². The van der Waals surface area contributed by atoms with Crippen molar-refractivity contribution in [3.8, 4) is 0 Å². The molecule has 1 nitrogen and oxygen atoms in total. The van der Waals surface area contributed by atoms with Crippen LogP contribution in [-0.2, 0) is 0 Å². The lowest BCUT2D eigenvalue weighted by Gasteiger charge is -2.08. The maximum absolute atomic E-state index is 11.6. The van der Waals surface area contributed by atoms with Crippen LogP contribution in [0.4, 0.5) is 4.39 Å². The average Bonchev–Trinajstić information content (AvgIpc) is 2.41. The van der Waals surface area contributed by atoms with Crippen LogP contribution < -0.4 is 5.32 Å². The van der Waals surface area contributed by atoms with E-state index in [1.54, 1.807) is 0 Å². The quantitative estimate of drug-likeness (QED) is 0.629. The molecule has 1 saturated heterocycles. The standard InChI is InChI=1S/C7H14FNS/c8-3-1-4-9-7-2-5-10-6-7/h7,9H,1-6H2. The first-order chi connectivity index (χ1) is 4.93. The molecule has 3 heteroatoms. The predicted molar refractivity (Wildman–Crippen MR) is 44.3 cm³/mol. The van der Waals surface area contributed by atoms with Crippen LogP contribution in [-0.4, -0.2) is 30.8 Å². The van der Waals surface area contributed by atoms with E-state index in [1.807, 2.05) is 11.8 Å². The van der Waals surface area contributed by atoms with Crippen LogP contribution in [0.25, 0.3) is 0 Å². The molecule has 0 saturated carbocycles. The Labute approximate surface area is 65.8 Å². The molecular formula is C7H14FNS. The molecule has 1 aliphatic rings. The highest BCUT2D eigenvalue weighted by molar-refractivity contribution is 7.99. The molecule has 1 unspecified atom stereocenters. The second-order valence-electron chi connectivity index (χ2n) is 2.56. The van der Waals surface area contributed by atoms with Crippen molar-refractivity contribution in [2.24, 2.45) is 0 Å². The number of alkyl halides is 1. The smallest absolute Gasteiger partial charge is 0.0906 e. The number of thioether (sulfide) groups is 1. The monoisotopic (exact) mass is 163 g/mol. The van der Waals surface area contributed by atoms with Gasteiger partial charge in [0.1, 0.15) is 0 Å². The Morgan fingerprint density at radius 2 is 2.50 bits per heavy atom. The Kier molecular flexibility index (Phi) is 4.14. The molecule has 0 amide bonds. The normalized spacial score (nSPS) is 25.5. The van der Waals surface area contributed by atoms with Crippen molar-refractivity contribution in [3.05, 3.63) is 0 Å². The van der Waals surface area contributed by atoms with E-state index < -0.39 is 0 Å². The Morgan fingerprint density at radius 1 is 1.60 bits per heavy atom. The van der Waals surface area contributed by atoms with Gasteiger partial charge in [0.2, 0.25) is 0 Å². The Hall–Kier alpha value is 0.240. The van der Waals surface area contributed by atoms with Crippen LogP contribution in [0.3, 0.4) is 0 Å². The summed E-state index contributed by atoms with van der Waals surface area (Å²) in [5.74, 6) is 2.49. The largest absolute Gasteiger partial charge is 0.313 e. The fourth-order valence-electron chi connectivity index (χ4n) is 1.07. The van der Waals surface area contributed by atoms with Crippen LogP contribution in [0.1, 0.15) is 12.8 Å². The van der Waals surface area contributed by atoms with Gasteiger partial charge in [-0.05, 0) is 25.1 Å². The first kappa shape index (κ1) is 8.34. The molecule has 60 valence electrons. The van der Waals surface area contributed by atoms with E-state index in [2.05, 4.69) is 5.32 Å². The SMILES string of the molecule is FCCCNC1CCSC1. The second-order valence-corrected chi connectivity index (χ2v) is 3.71. The fourth-order valence-corrected chi connectivity index (χ4v) is 2.26. The summed E-state index contributed by atoms with van der Waals surface area (Å²) < 4.78 is 11.6. The van der Waals surface area contributed by atoms with Gasteiger partial charge in [0, 0.05) is 11.8 Å². The molecule has 0 aromatic rings. The van der Waals surface area contributed by atoms with Crippen molar-refractivity contribution in [2.45, 2.75) is 18.9 Å². The molecule has 0 aromatic heterocycles. The predicted octanol–water partition coefficient (Wildman–Crippen LogP) is 1.44. The van der Waals surface area contributed by atoms with Crippen molar-refractivity contribution in [3.63, 3.8) is 0 Å². The molecule has 1 heterocycles. The number of halogens is 1. The highest BCUT2D eigenvalue weighted by Crippen LogP contribution is 2.16. The molecule has 0 spiro atoms. The third-order valence-corrected chi connectivity index (χ3v) is 2.84. The summed E-state index contributed by atoms with van der Waals surface area (Å²) >= 11 is 1.98. The number of nitrogens with one attached hydrogen (secondary N) is 1. The van der Waals surface area contributed by atoms with E-state index in [1.165, 1.54) is 17.9 Å². The van der Waals surface area contributed by atoms with E-state index >= 15 is 0 Å². The minimum atomic E-state index is -0.188. The summed E-state index contributed by atoms with van der Waals surface area (Å²) in [5, 5.41) is 3.32. The number of hydrogen-bond donors (Lipinski definition) is 1. The minimum Gasteiger partial charge on any atom is -0.313 e. The van der Waals surface area contributed by atoms with Gasteiger partial charge < -0.3 is 5.32 Å². The fraction of sp³-hybridized carbons (Fsp3) is 1.00. The van der Waals surface area contributed by atoms with Crippen LogP contribution in [0.5, 0.6) is 0 Å². The van der Waals surface area contributed by atoms with Gasteiger partial charge in [-0.1, -0.05) is 0 Å². The van der Waals surface area contributed by atoms with Crippen LogP contribution in [0.15, 0.2) is 0 Å². The molecule has 1 fully saturated rings. The van der Waals surface area contributed by atoms with Crippen molar-refractivity contribution in [1.82, 2.24) is 5.32 Å². The second kappa shape index (κ2) is 4.97. The summed E-state index contributed by atoms with van der Waals surface area (Å²) in [6.07, 6.45) is 1.93. The molecule has 10 heavy (non-hydrogen) atoms. The molecule has 0 bridgehead atoms. The zero-order chi connectivity index (χ0) is 7.23. The molecule has 0 aromatic carbocycles. The third-order valence-electron chi connectivity index (χ3n) is 1.67. The average molecular weight is 163 g/mol. The summed E-state index contributed by atoms with van der Waals surface area (Å²) in [6, 6.07) is 0.663. The Morgan fingerprint density at radius 3 is 3.10 bits per heavy atom. The van der Waals surface area contributed by atoms with E-state index in [4.69, 9.17) is 0 Å². The first-order valence-electron chi connectivity index (χ1n) is 3.80. The van der Waals surface area contributed by atoms with Crippen molar-refractivity contribution >= 4 is 11.8 Å². The van der Waals surface area contributed by atoms with Gasteiger partial charge >= 0.3 is 0 Å². The van der Waals surface area contributed by atoms with Gasteiger partial charge in [-0.2, -0.15) is 11.8 Å². The summed E-state index contributed by atoms with van der Waals surface area (Å²) in [5.41, 5.74) is 0. The van der Waals surface area contributed by atoms with Crippen LogP contribution in [0.2, 0.25) is 0 Å². The lowest BCUT2D eigenvalue weighted by atomic mass is 10.2. The zero-order valence-electron chi connectivity index (χ0n) is 6.11. The zero-order valence-corrected chi connectivity index (χ0v) is 6.92. The van der Waals surface area contributed by atoms with Crippen LogP contribution >= 0.6 is 11.8 Å². The van der Waals surface area contributed by atoms with Gasteiger partial charge in [-0.3, -0.25) is 4.39 Å². The Bertz CT molecular complexity index is 83.7. The van der Waals surface area contributed by atoms with Crippen LogP contribution in [0, 0.1) is 0 Å². The van der Waals surface area contributed by atoms with Crippen molar-refractivity contribution in [2.75, 3.05) is 24.7 Å². The van der Waals surface area contributed by atoms with Crippen molar-refractivity contribution in [1.29, 1.82) is 0 Å². The molecular weight excluding hydrogens is 149 g/mol. The molecule has 1 N–H and O–H groups in total. The van der Waals surface area contributed by atoms with E-state index in [0.717, 1.165) is 6.54 Å². The first-order valence-corrected chi connectivity index (χ1v) is 4.96. The van der Waals surface area contributed by atoms with E-state index in [9.17, 15) is 4.39 Å². The molecule has 0 radical (unpaired) electrons. The van der Waals surface area contributed by atoms with E-state index in [-0.39, 0.29) is 6.67 Å². The van der Waals surface area contributed by atoms with E-state index in [0.29, 0.717) is 12.5 Å². The summed E-state index contributed by atoms with van der Waals surface area (Å²) in [4.78, 5) is 0. The molecule has 1 rings (SSSR count). The third kappa shape index (κ3) is 2.88. The molecule has 0 aliphatic carbocycles. The minimum absolute atomic E-state index is 0.188. The Balaban J connectivity index is 1.91. The van der Waals surface area contributed by atoms with Gasteiger partial charge in [-0.15, -0.1) is 0 Å². The molecule has 1 aliphatic heterocycles. The summed E-state index contributed by atoms with van der Waals surface area (Å²) in [7, 11) is 0. The van der Waals surface area contributed by atoms with Gasteiger partial charge in [0.05, 0.1) is 6.67 Å². The molecule has 1 atom stereocenters. The maximum Gasteiger partial charge on any atom is 0.0906 e. The topological polar surface area (TPSA) is 12.0 Å². The van der Waals surface area contributed by atoms with Gasteiger partial charge in [0.25, 0.3) is 0 Å². The lowest BCUT2D eigenvalue weighted by Crippen LogP contribution is -2.29. The van der Waals surface area contributed by atoms with Gasteiger partial charge in [0.15, 0.2) is 0 Å². The number of rotatable bonds is 4. The lowest BCUT2D eigenvalue weighted by molar-refractivity contribution is 0.444. The number of hydrogen-bond acceptors (Lipinski definition) is 2.